The van der Waals surface area contributed by atoms with Crippen molar-refractivity contribution in [3.63, 3.8) is 0 Å². The van der Waals surface area contributed by atoms with Gasteiger partial charge in [0, 0.05) is 10.4 Å². The molecule has 2 aromatic rings. The molecule has 0 aliphatic heterocycles. The quantitative estimate of drug-likeness (QED) is 0.744. The Bertz CT molecular complexity index is 723. The van der Waals surface area contributed by atoms with Crippen LogP contribution in [-0.2, 0) is 10.0 Å². The molecule has 0 aromatic heterocycles. The fraction of sp³-hybridized carbons (Fsp3) is 0.143. The molecule has 0 aliphatic rings. The lowest BCUT2D eigenvalue weighted by Crippen LogP contribution is -2.29. The first-order valence-corrected chi connectivity index (χ1v) is 9.38. The van der Waals surface area contributed by atoms with Gasteiger partial charge in [0.2, 0.25) is 10.0 Å². The van der Waals surface area contributed by atoms with Crippen LogP contribution < -0.4 is 4.72 Å². The zero-order valence-electron chi connectivity index (χ0n) is 10.8. The van der Waals surface area contributed by atoms with Gasteiger partial charge in [0.15, 0.2) is 0 Å². The van der Waals surface area contributed by atoms with Crippen LogP contribution in [0.25, 0.3) is 0 Å². The minimum Gasteiger partial charge on any atom is -0.207 e. The number of hydrogen-bond donors (Lipinski definition) is 1. The maximum absolute atomic E-state index is 12.5. The topological polar surface area (TPSA) is 46.2 Å². The maximum Gasteiger partial charge on any atom is 0.242 e. The number of rotatable bonds is 5. The molecule has 0 bridgehead atoms. The van der Waals surface area contributed by atoms with E-state index >= 15 is 0 Å². The van der Waals surface area contributed by atoms with Crippen molar-refractivity contribution in [1.29, 1.82) is 0 Å². The average molecular weight is 409 g/mol. The van der Waals surface area contributed by atoms with Crippen LogP contribution in [0.2, 0.25) is 10.0 Å². The molecule has 7 heteroatoms. The highest BCUT2D eigenvalue weighted by Gasteiger charge is 2.23. The SMILES string of the molecule is O=S(=O)(NC(CBr)c1ccccc1)c1cc(Cl)ccc1Cl. The van der Waals surface area contributed by atoms with Gasteiger partial charge in [0.1, 0.15) is 4.90 Å². The van der Waals surface area contributed by atoms with Crippen LogP contribution in [0.15, 0.2) is 53.4 Å². The second kappa shape index (κ2) is 7.11. The van der Waals surface area contributed by atoms with Crippen LogP contribution in [0.1, 0.15) is 11.6 Å². The van der Waals surface area contributed by atoms with E-state index in [1.165, 1.54) is 12.1 Å². The lowest BCUT2D eigenvalue weighted by Gasteiger charge is -2.17. The Balaban J connectivity index is 2.34. The summed E-state index contributed by atoms with van der Waals surface area (Å²) in [5, 5.41) is 0.886. The summed E-state index contributed by atoms with van der Waals surface area (Å²) in [6, 6.07) is 13.2. The standard InChI is InChI=1S/C14H12BrCl2NO2S/c15-9-13(10-4-2-1-3-5-10)18-21(19,20)14-8-11(16)6-7-12(14)17/h1-8,13,18H,9H2. The molecule has 0 saturated carbocycles. The molecule has 0 amide bonds. The molecule has 0 spiro atoms. The van der Waals surface area contributed by atoms with Gasteiger partial charge in [-0.05, 0) is 23.8 Å². The number of benzene rings is 2. The van der Waals surface area contributed by atoms with Crippen molar-refractivity contribution in [1.82, 2.24) is 4.72 Å². The Kier molecular flexibility index (Phi) is 5.68. The van der Waals surface area contributed by atoms with Crippen molar-refractivity contribution in [3.05, 3.63) is 64.1 Å². The van der Waals surface area contributed by atoms with E-state index in [2.05, 4.69) is 20.7 Å². The third-order valence-corrected chi connectivity index (χ3v) is 5.67. The summed E-state index contributed by atoms with van der Waals surface area (Å²) in [7, 11) is -3.77. The van der Waals surface area contributed by atoms with Gasteiger partial charge in [0.05, 0.1) is 11.1 Å². The lowest BCUT2D eigenvalue weighted by atomic mass is 10.1. The summed E-state index contributed by atoms with van der Waals surface area (Å²) in [5.74, 6) is 0. The monoisotopic (exact) mass is 407 g/mol. The second-order valence-corrected chi connectivity index (χ2v) is 7.49. The minimum absolute atomic E-state index is 0.0291. The summed E-state index contributed by atoms with van der Waals surface area (Å²) in [4.78, 5) is -0.0291. The number of halogens is 3. The maximum atomic E-state index is 12.5. The van der Waals surface area contributed by atoms with E-state index < -0.39 is 16.1 Å². The van der Waals surface area contributed by atoms with Crippen LogP contribution in [0, 0.1) is 0 Å². The molecule has 112 valence electrons. The van der Waals surface area contributed by atoms with Crippen molar-refractivity contribution in [2.45, 2.75) is 10.9 Å². The van der Waals surface area contributed by atoms with Gasteiger partial charge in [-0.15, -0.1) is 0 Å². The Labute approximate surface area is 142 Å². The molecule has 3 nitrogen and oxygen atoms in total. The number of alkyl halides is 1. The second-order valence-electron chi connectivity index (χ2n) is 4.31. The fourth-order valence-corrected chi connectivity index (χ4v) is 4.54. The molecular weight excluding hydrogens is 397 g/mol. The van der Waals surface area contributed by atoms with Gasteiger partial charge < -0.3 is 0 Å². The first-order chi connectivity index (χ1) is 9.94. The van der Waals surface area contributed by atoms with Crippen LogP contribution in [0.3, 0.4) is 0 Å². The zero-order valence-corrected chi connectivity index (χ0v) is 14.7. The summed E-state index contributed by atoms with van der Waals surface area (Å²) in [5.41, 5.74) is 0.858. The first-order valence-electron chi connectivity index (χ1n) is 6.02. The van der Waals surface area contributed by atoms with E-state index in [-0.39, 0.29) is 9.92 Å². The lowest BCUT2D eigenvalue weighted by molar-refractivity contribution is 0.569. The van der Waals surface area contributed by atoms with E-state index in [1.54, 1.807) is 6.07 Å². The summed E-state index contributed by atoms with van der Waals surface area (Å²) < 4.78 is 27.6. The highest BCUT2D eigenvalue weighted by molar-refractivity contribution is 9.09. The number of hydrogen-bond acceptors (Lipinski definition) is 2. The number of sulfonamides is 1. The predicted octanol–water partition coefficient (Wildman–Crippen LogP) is 4.41. The first kappa shape index (κ1) is 16.8. The molecule has 0 heterocycles. The summed E-state index contributed by atoms with van der Waals surface area (Å²) in [6.45, 7) is 0. The van der Waals surface area contributed by atoms with Crippen molar-refractivity contribution in [2.24, 2.45) is 0 Å². The Morgan fingerprint density at radius 3 is 2.38 bits per heavy atom. The van der Waals surface area contributed by atoms with Crippen molar-refractivity contribution < 1.29 is 8.42 Å². The minimum atomic E-state index is -3.77. The molecule has 1 unspecified atom stereocenters. The van der Waals surface area contributed by atoms with Crippen LogP contribution in [0.5, 0.6) is 0 Å². The average Bonchev–Trinajstić information content (AvgIpc) is 2.48. The largest absolute Gasteiger partial charge is 0.242 e. The third kappa shape index (κ3) is 4.20. The van der Waals surface area contributed by atoms with Crippen LogP contribution >= 0.6 is 39.1 Å². The van der Waals surface area contributed by atoms with E-state index in [4.69, 9.17) is 23.2 Å². The van der Waals surface area contributed by atoms with Crippen molar-refractivity contribution in [3.8, 4) is 0 Å². The van der Waals surface area contributed by atoms with Crippen LogP contribution in [0.4, 0.5) is 0 Å². The van der Waals surface area contributed by atoms with Gasteiger partial charge in [-0.3, -0.25) is 0 Å². The third-order valence-electron chi connectivity index (χ3n) is 2.84. The van der Waals surface area contributed by atoms with E-state index in [0.717, 1.165) is 5.56 Å². The Morgan fingerprint density at radius 1 is 1.10 bits per heavy atom. The Morgan fingerprint density at radius 2 is 1.76 bits per heavy atom. The molecule has 2 aromatic carbocycles. The van der Waals surface area contributed by atoms with Gasteiger partial charge in [-0.1, -0.05) is 69.5 Å². The molecule has 1 N–H and O–H groups in total. The van der Waals surface area contributed by atoms with E-state index in [1.807, 2.05) is 30.3 Å². The van der Waals surface area contributed by atoms with Crippen LogP contribution in [-0.4, -0.2) is 13.7 Å². The normalized spacial score (nSPS) is 13.1. The highest BCUT2D eigenvalue weighted by Crippen LogP contribution is 2.27. The van der Waals surface area contributed by atoms with Gasteiger partial charge in [-0.25, -0.2) is 13.1 Å². The summed E-state index contributed by atoms with van der Waals surface area (Å²) >= 11 is 15.1. The van der Waals surface area contributed by atoms with Crippen molar-refractivity contribution >= 4 is 49.2 Å². The molecule has 0 fully saturated rings. The molecule has 0 aliphatic carbocycles. The smallest absolute Gasteiger partial charge is 0.207 e. The molecule has 0 radical (unpaired) electrons. The highest BCUT2D eigenvalue weighted by atomic mass is 79.9. The van der Waals surface area contributed by atoms with Gasteiger partial charge >= 0.3 is 0 Å². The fourth-order valence-electron chi connectivity index (χ4n) is 1.81. The van der Waals surface area contributed by atoms with E-state index in [9.17, 15) is 8.42 Å². The van der Waals surface area contributed by atoms with Crippen molar-refractivity contribution in [2.75, 3.05) is 5.33 Å². The molecular formula is C14H12BrCl2NO2S. The van der Waals surface area contributed by atoms with Gasteiger partial charge in [0.25, 0.3) is 0 Å². The van der Waals surface area contributed by atoms with Gasteiger partial charge in [-0.2, -0.15) is 0 Å². The molecule has 21 heavy (non-hydrogen) atoms. The molecule has 2 rings (SSSR count). The summed E-state index contributed by atoms with van der Waals surface area (Å²) in [6.07, 6.45) is 0. The Hall–Kier alpha value is -0.590. The predicted molar refractivity (Wildman–Crippen MR) is 89.8 cm³/mol. The number of nitrogens with one attached hydrogen (secondary N) is 1. The van der Waals surface area contributed by atoms with E-state index in [0.29, 0.717) is 10.4 Å². The molecule has 1 atom stereocenters. The zero-order chi connectivity index (χ0) is 15.5. The molecule has 0 saturated heterocycles.